The Balaban J connectivity index is 3.14. The maximum atomic E-state index is 10.4. The molecular weight excluding hydrogens is 150 g/mol. The summed E-state index contributed by atoms with van der Waals surface area (Å²) in [6, 6.07) is 0. The molecule has 0 aromatic heterocycles. The van der Waals surface area contributed by atoms with Crippen LogP contribution in [-0.2, 0) is 9.53 Å². The van der Waals surface area contributed by atoms with Gasteiger partial charge in [-0.1, -0.05) is 0 Å². The minimum Gasteiger partial charge on any atom is -0.481 e. The van der Waals surface area contributed by atoms with Crippen molar-refractivity contribution >= 4 is 12.1 Å². The van der Waals surface area contributed by atoms with Crippen LogP contribution in [0.2, 0.25) is 0 Å². The Hall–Kier alpha value is -1.26. The lowest BCUT2D eigenvalue weighted by Crippen LogP contribution is -2.19. The Morgan fingerprint density at radius 2 is 2.18 bits per heavy atom. The fourth-order valence-corrected chi connectivity index (χ4v) is 0.460. The van der Waals surface area contributed by atoms with Crippen LogP contribution in [0, 0.1) is 0 Å². The average molecular weight is 161 g/mol. The molecule has 0 aliphatic rings. The van der Waals surface area contributed by atoms with Crippen LogP contribution in [0.25, 0.3) is 0 Å². The van der Waals surface area contributed by atoms with Crippen molar-refractivity contribution in [3.63, 3.8) is 0 Å². The van der Waals surface area contributed by atoms with Gasteiger partial charge in [0.15, 0.2) is 0 Å². The number of alkyl carbamates (subject to hydrolysis) is 1. The number of carbonyl (C=O) groups excluding carboxylic acids is 1. The zero-order valence-electron chi connectivity index (χ0n) is 6.29. The second-order valence-electron chi connectivity index (χ2n) is 1.88. The van der Waals surface area contributed by atoms with Crippen molar-refractivity contribution in [2.45, 2.75) is 12.8 Å². The molecule has 0 radical (unpaired) electrons. The number of nitrogens with one attached hydrogen (secondary N) is 1. The molecular formula is C6H11NO4. The topological polar surface area (TPSA) is 75.6 Å². The van der Waals surface area contributed by atoms with E-state index in [4.69, 9.17) is 5.11 Å². The number of amides is 1. The first kappa shape index (κ1) is 9.74. The molecule has 5 heteroatoms. The molecule has 0 rings (SSSR count). The number of carboxylic acids is 1. The fraction of sp³-hybridized carbons (Fsp3) is 0.667. The molecule has 0 saturated heterocycles. The molecule has 0 saturated carbocycles. The highest BCUT2D eigenvalue weighted by Crippen LogP contribution is 1.89. The fourth-order valence-electron chi connectivity index (χ4n) is 0.460. The zero-order valence-corrected chi connectivity index (χ0v) is 6.29. The number of carbonyl (C=O) groups is 2. The lowest BCUT2D eigenvalue weighted by molar-refractivity contribution is -0.137. The van der Waals surface area contributed by atoms with E-state index in [2.05, 4.69) is 10.1 Å². The van der Waals surface area contributed by atoms with Crippen LogP contribution >= 0.6 is 0 Å². The molecule has 0 spiro atoms. The molecule has 1 amide bonds. The Bertz CT molecular complexity index is 146. The lowest BCUT2D eigenvalue weighted by atomic mass is 10.3. The first-order valence-electron chi connectivity index (χ1n) is 3.23. The molecule has 0 heterocycles. The molecule has 0 aromatic carbocycles. The first-order valence-corrected chi connectivity index (χ1v) is 3.23. The summed E-state index contributed by atoms with van der Waals surface area (Å²) in [4.78, 5) is 20.3. The second-order valence-corrected chi connectivity index (χ2v) is 1.88. The van der Waals surface area contributed by atoms with Gasteiger partial charge in [-0.15, -0.1) is 0 Å². The third kappa shape index (κ3) is 6.63. The third-order valence-electron chi connectivity index (χ3n) is 0.972. The van der Waals surface area contributed by atoms with Crippen LogP contribution in [-0.4, -0.2) is 30.8 Å². The zero-order chi connectivity index (χ0) is 8.69. The van der Waals surface area contributed by atoms with E-state index in [-0.39, 0.29) is 13.0 Å². The molecule has 0 unspecified atom stereocenters. The molecule has 0 aliphatic heterocycles. The van der Waals surface area contributed by atoms with Crippen LogP contribution in [0.4, 0.5) is 4.79 Å². The van der Waals surface area contributed by atoms with E-state index in [0.717, 1.165) is 0 Å². The highest BCUT2D eigenvalue weighted by Gasteiger charge is 1.99. The Morgan fingerprint density at radius 1 is 1.55 bits per heavy atom. The van der Waals surface area contributed by atoms with Gasteiger partial charge >= 0.3 is 12.1 Å². The normalized spacial score (nSPS) is 8.82. The largest absolute Gasteiger partial charge is 0.481 e. The van der Waals surface area contributed by atoms with E-state index >= 15 is 0 Å². The van der Waals surface area contributed by atoms with Crippen molar-refractivity contribution in [1.82, 2.24) is 5.32 Å². The molecule has 0 aromatic rings. The average Bonchev–Trinajstić information content (AvgIpc) is 1.97. The number of aliphatic carboxylic acids is 1. The maximum Gasteiger partial charge on any atom is 0.406 e. The standard InChI is InChI=1S/C6H11NO4/c1-7-6(10)11-4-2-3-5(8)9/h2-4H2,1H3,(H,7,10)(H,8,9). The summed E-state index contributed by atoms with van der Waals surface area (Å²) in [6.07, 6.45) is -0.157. The van der Waals surface area contributed by atoms with Gasteiger partial charge in [0.2, 0.25) is 0 Å². The predicted octanol–water partition coefficient (Wildman–Crippen LogP) is 0.207. The summed E-state index contributed by atoms with van der Waals surface area (Å²) < 4.78 is 4.53. The van der Waals surface area contributed by atoms with E-state index < -0.39 is 12.1 Å². The van der Waals surface area contributed by atoms with Gasteiger partial charge in [0.1, 0.15) is 0 Å². The van der Waals surface area contributed by atoms with Gasteiger partial charge in [0, 0.05) is 13.5 Å². The highest BCUT2D eigenvalue weighted by atomic mass is 16.5. The number of rotatable bonds is 4. The Labute approximate surface area is 64.3 Å². The van der Waals surface area contributed by atoms with Gasteiger partial charge < -0.3 is 15.2 Å². The molecule has 5 nitrogen and oxygen atoms in total. The number of ether oxygens (including phenoxy) is 1. The van der Waals surface area contributed by atoms with E-state index in [1.54, 1.807) is 0 Å². The quantitative estimate of drug-likeness (QED) is 0.578. The minimum atomic E-state index is -0.884. The van der Waals surface area contributed by atoms with Gasteiger partial charge in [-0.2, -0.15) is 0 Å². The summed E-state index contributed by atoms with van der Waals surface area (Å²) >= 11 is 0. The molecule has 11 heavy (non-hydrogen) atoms. The first-order chi connectivity index (χ1) is 5.16. The molecule has 0 atom stereocenters. The monoisotopic (exact) mass is 161 g/mol. The molecule has 0 bridgehead atoms. The maximum absolute atomic E-state index is 10.4. The van der Waals surface area contributed by atoms with Crippen LogP contribution in [0.15, 0.2) is 0 Å². The number of hydrogen-bond donors (Lipinski definition) is 2. The Kier molecular flexibility index (Phi) is 4.89. The van der Waals surface area contributed by atoms with Crippen molar-refractivity contribution in [1.29, 1.82) is 0 Å². The Morgan fingerprint density at radius 3 is 2.64 bits per heavy atom. The van der Waals surface area contributed by atoms with Crippen molar-refractivity contribution in [3.8, 4) is 0 Å². The van der Waals surface area contributed by atoms with Gasteiger partial charge in [0.25, 0.3) is 0 Å². The van der Waals surface area contributed by atoms with Crippen LogP contribution in [0.3, 0.4) is 0 Å². The SMILES string of the molecule is CNC(=O)OCCCC(=O)O. The van der Waals surface area contributed by atoms with Crippen molar-refractivity contribution in [2.75, 3.05) is 13.7 Å². The predicted molar refractivity (Wildman–Crippen MR) is 37.3 cm³/mol. The van der Waals surface area contributed by atoms with E-state index in [9.17, 15) is 9.59 Å². The summed E-state index contributed by atoms with van der Waals surface area (Å²) in [5, 5.41) is 10.4. The van der Waals surface area contributed by atoms with Crippen molar-refractivity contribution < 1.29 is 19.4 Å². The van der Waals surface area contributed by atoms with Crippen LogP contribution in [0.1, 0.15) is 12.8 Å². The van der Waals surface area contributed by atoms with E-state index in [0.29, 0.717) is 6.42 Å². The minimum absolute atomic E-state index is 0.0248. The van der Waals surface area contributed by atoms with Gasteiger partial charge in [0.05, 0.1) is 6.61 Å². The van der Waals surface area contributed by atoms with Crippen molar-refractivity contribution in [2.24, 2.45) is 0 Å². The smallest absolute Gasteiger partial charge is 0.406 e. The van der Waals surface area contributed by atoms with Crippen molar-refractivity contribution in [3.05, 3.63) is 0 Å². The summed E-state index contributed by atoms with van der Waals surface area (Å²) in [5.41, 5.74) is 0. The number of hydrogen-bond acceptors (Lipinski definition) is 3. The molecule has 0 aliphatic carbocycles. The van der Waals surface area contributed by atoms with Crippen LogP contribution < -0.4 is 5.32 Å². The summed E-state index contributed by atoms with van der Waals surface area (Å²) in [5.74, 6) is -0.884. The molecule has 0 fully saturated rings. The third-order valence-corrected chi connectivity index (χ3v) is 0.972. The van der Waals surface area contributed by atoms with Crippen LogP contribution in [0.5, 0.6) is 0 Å². The number of carboxylic acid groups (broad SMARTS) is 1. The second kappa shape index (κ2) is 5.52. The summed E-state index contributed by atoms with van der Waals surface area (Å²) in [6.45, 7) is 0.145. The lowest BCUT2D eigenvalue weighted by Gasteiger charge is -2.00. The van der Waals surface area contributed by atoms with Gasteiger partial charge in [-0.3, -0.25) is 4.79 Å². The molecule has 2 N–H and O–H groups in total. The highest BCUT2D eigenvalue weighted by molar-refractivity contribution is 5.67. The van der Waals surface area contributed by atoms with E-state index in [1.807, 2.05) is 0 Å². The molecule has 64 valence electrons. The van der Waals surface area contributed by atoms with Gasteiger partial charge in [-0.05, 0) is 6.42 Å². The van der Waals surface area contributed by atoms with E-state index in [1.165, 1.54) is 7.05 Å². The summed E-state index contributed by atoms with van der Waals surface area (Å²) in [7, 11) is 1.44. The van der Waals surface area contributed by atoms with Gasteiger partial charge in [-0.25, -0.2) is 4.79 Å².